The summed E-state index contributed by atoms with van der Waals surface area (Å²) in [5.41, 5.74) is 8.42. The Morgan fingerprint density at radius 2 is 2.20 bits per heavy atom. The van der Waals surface area contributed by atoms with Crippen LogP contribution in [0, 0.1) is 0 Å². The Balaban J connectivity index is 1.99. The van der Waals surface area contributed by atoms with Gasteiger partial charge in [-0.3, -0.25) is 0 Å². The number of aromatic nitrogens is 2. The molecule has 6 heteroatoms. The quantitative estimate of drug-likeness (QED) is 0.935. The molecule has 2 aromatic rings. The lowest BCUT2D eigenvalue weighted by molar-refractivity contribution is 0.0903. The Morgan fingerprint density at radius 3 is 2.95 bits per heavy atom. The van der Waals surface area contributed by atoms with Crippen molar-refractivity contribution in [2.75, 3.05) is 12.8 Å². The highest BCUT2D eigenvalue weighted by atomic mass is 32.1. The van der Waals surface area contributed by atoms with Crippen LogP contribution in [0.25, 0.3) is 11.5 Å². The number of aryl methyl sites for hydroxylation is 1. The minimum atomic E-state index is -0.122. The number of nitrogens with zero attached hydrogens (tertiary/aromatic N) is 2. The van der Waals surface area contributed by atoms with Crippen LogP contribution in [-0.2, 0) is 17.6 Å². The van der Waals surface area contributed by atoms with Gasteiger partial charge in [-0.15, -0.1) is 11.3 Å². The van der Waals surface area contributed by atoms with Crippen LogP contribution >= 0.6 is 11.3 Å². The van der Waals surface area contributed by atoms with E-state index in [1.807, 2.05) is 6.92 Å². The second-order valence-electron chi connectivity index (χ2n) is 5.04. The minimum Gasteiger partial charge on any atom is -0.390 e. The maximum atomic E-state index is 6.16. The molecule has 0 radical (unpaired) electrons. The number of fused-ring (bicyclic) bond motifs is 1. The third kappa shape index (κ3) is 2.23. The van der Waals surface area contributed by atoms with E-state index in [9.17, 15) is 0 Å². The third-order valence-corrected chi connectivity index (χ3v) is 4.92. The first kappa shape index (κ1) is 13.6. The van der Waals surface area contributed by atoms with E-state index >= 15 is 0 Å². The van der Waals surface area contributed by atoms with E-state index in [-0.39, 0.29) is 6.10 Å². The molecule has 1 atom stereocenters. The van der Waals surface area contributed by atoms with Gasteiger partial charge in [0.05, 0.1) is 10.6 Å². The number of anilines is 1. The van der Waals surface area contributed by atoms with Gasteiger partial charge in [0.25, 0.3) is 5.89 Å². The number of nitrogens with two attached hydrogens (primary N) is 1. The third-order valence-electron chi connectivity index (χ3n) is 3.80. The molecule has 0 aromatic carbocycles. The van der Waals surface area contributed by atoms with E-state index in [1.54, 1.807) is 18.4 Å². The van der Waals surface area contributed by atoms with Gasteiger partial charge >= 0.3 is 0 Å². The summed E-state index contributed by atoms with van der Waals surface area (Å²) >= 11 is 1.66. The molecule has 0 saturated heterocycles. The highest BCUT2D eigenvalue weighted by Crippen LogP contribution is 2.42. The molecular weight excluding hydrogens is 274 g/mol. The molecule has 0 amide bonds. The lowest BCUT2D eigenvalue weighted by atomic mass is 9.95. The Hall–Kier alpha value is -1.40. The average molecular weight is 293 g/mol. The number of hydrogen-bond acceptors (Lipinski definition) is 6. The molecule has 5 nitrogen and oxygen atoms in total. The Morgan fingerprint density at radius 1 is 1.40 bits per heavy atom. The predicted octanol–water partition coefficient (Wildman–Crippen LogP) is 3.36. The average Bonchev–Trinajstić information content (AvgIpc) is 3.03. The molecule has 3 rings (SSSR count). The largest absolute Gasteiger partial charge is 0.390 e. The Bertz CT molecular complexity index is 602. The number of methoxy groups -OCH3 is 1. The summed E-state index contributed by atoms with van der Waals surface area (Å²) < 4.78 is 10.8. The topological polar surface area (TPSA) is 74.2 Å². The molecule has 0 fully saturated rings. The van der Waals surface area contributed by atoms with Crippen LogP contribution in [0.5, 0.6) is 0 Å². The summed E-state index contributed by atoms with van der Waals surface area (Å²) in [5, 5.41) is 4.83. The summed E-state index contributed by atoms with van der Waals surface area (Å²) in [5.74, 6) is 1.13. The standard InChI is InChI=1S/C14H19N3O2S/c1-3-9(18-2)13-16-14(19-17-13)11-8-6-4-5-7-10(8)20-12(11)15/h9H,3-7,15H2,1-2H3. The summed E-state index contributed by atoms with van der Waals surface area (Å²) in [7, 11) is 1.66. The Kier molecular flexibility index (Phi) is 3.76. The monoisotopic (exact) mass is 293 g/mol. The smallest absolute Gasteiger partial charge is 0.261 e. The fraction of sp³-hybridized carbons (Fsp3) is 0.571. The highest BCUT2D eigenvalue weighted by Gasteiger charge is 2.25. The molecule has 2 aromatic heterocycles. The zero-order valence-electron chi connectivity index (χ0n) is 11.8. The van der Waals surface area contributed by atoms with Crippen molar-refractivity contribution < 1.29 is 9.26 Å². The lowest BCUT2D eigenvalue weighted by Gasteiger charge is -2.10. The van der Waals surface area contributed by atoms with E-state index < -0.39 is 0 Å². The fourth-order valence-corrected chi connectivity index (χ4v) is 3.90. The van der Waals surface area contributed by atoms with Crippen molar-refractivity contribution >= 4 is 16.3 Å². The zero-order chi connectivity index (χ0) is 14.1. The first-order chi connectivity index (χ1) is 9.74. The fourth-order valence-electron chi connectivity index (χ4n) is 2.74. The number of thiophene rings is 1. The predicted molar refractivity (Wildman–Crippen MR) is 78.7 cm³/mol. The maximum absolute atomic E-state index is 6.16. The number of ether oxygens (including phenoxy) is 1. The van der Waals surface area contributed by atoms with Gasteiger partial charge in [0, 0.05) is 12.0 Å². The molecule has 1 unspecified atom stereocenters. The van der Waals surface area contributed by atoms with Crippen LogP contribution in [0.2, 0.25) is 0 Å². The van der Waals surface area contributed by atoms with Crippen LogP contribution in [-0.4, -0.2) is 17.3 Å². The van der Waals surface area contributed by atoms with E-state index in [2.05, 4.69) is 10.1 Å². The minimum absolute atomic E-state index is 0.122. The molecule has 108 valence electrons. The maximum Gasteiger partial charge on any atom is 0.261 e. The molecule has 20 heavy (non-hydrogen) atoms. The van der Waals surface area contributed by atoms with Gasteiger partial charge in [0.1, 0.15) is 6.10 Å². The van der Waals surface area contributed by atoms with Crippen molar-refractivity contribution in [1.29, 1.82) is 0 Å². The molecule has 1 aliphatic carbocycles. The SMILES string of the molecule is CCC(OC)c1noc(-c2c(N)sc3c2CCCC3)n1. The van der Waals surface area contributed by atoms with Crippen LogP contribution in [0.1, 0.15) is 48.6 Å². The molecule has 0 bridgehead atoms. The van der Waals surface area contributed by atoms with E-state index in [0.29, 0.717) is 11.7 Å². The van der Waals surface area contributed by atoms with Gasteiger partial charge in [0.2, 0.25) is 5.82 Å². The van der Waals surface area contributed by atoms with Crippen molar-refractivity contribution in [2.24, 2.45) is 0 Å². The molecule has 0 aliphatic heterocycles. The van der Waals surface area contributed by atoms with E-state index in [0.717, 1.165) is 29.8 Å². The normalized spacial score (nSPS) is 16.1. The van der Waals surface area contributed by atoms with Crippen molar-refractivity contribution in [1.82, 2.24) is 10.1 Å². The van der Waals surface area contributed by atoms with Gasteiger partial charge in [-0.1, -0.05) is 12.1 Å². The van der Waals surface area contributed by atoms with E-state index in [1.165, 1.54) is 23.3 Å². The van der Waals surface area contributed by atoms with Crippen molar-refractivity contribution in [3.8, 4) is 11.5 Å². The number of hydrogen-bond donors (Lipinski definition) is 1. The summed E-state index contributed by atoms with van der Waals surface area (Å²) in [6.45, 7) is 2.03. The van der Waals surface area contributed by atoms with Crippen LogP contribution < -0.4 is 5.73 Å². The van der Waals surface area contributed by atoms with Gasteiger partial charge in [-0.05, 0) is 37.7 Å². The van der Waals surface area contributed by atoms with Crippen LogP contribution in [0.4, 0.5) is 5.00 Å². The van der Waals surface area contributed by atoms with E-state index in [4.69, 9.17) is 15.0 Å². The summed E-state index contributed by atoms with van der Waals surface area (Å²) in [6, 6.07) is 0. The number of rotatable bonds is 4. The molecule has 0 saturated carbocycles. The first-order valence-electron chi connectivity index (χ1n) is 7.01. The van der Waals surface area contributed by atoms with Crippen LogP contribution in [0.3, 0.4) is 0 Å². The molecule has 1 aliphatic rings. The van der Waals surface area contributed by atoms with Crippen LogP contribution in [0.15, 0.2) is 4.52 Å². The molecule has 0 spiro atoms. The second-order valence-corrected chi connectivity index (χ2v) is 6.18. The Labute approximate surface area is 122 Å². The highest BCUT2D eigenvalue weighted by molar-refractivity contribution is 7.16. The van der Waals surface area contributed by atoms with Gasteiger partial charge in [-0.25, -0.2) is 0 Å². The number of nitrogen functional groups attached to an aromatic ring is 1. The summed E-state index contributed by atoms with van der Waals surface area (Å²) in [6.07, 6.45) is 5.30. The molecular formula is C14H19N3O2S. The van der Waals surface area contributed by atoms with Gasteiger partial charge < -0.3 is 15.0 Å². The van der Waals surface area contributed by atoms with Crippen molar-refractivity contribution in [2.45, 2.75) is 45.1 Å². The first-order valence-corrected chi connectivity index (χ1v) is 7.83. The van der Waals surface area contributed by atoms with Crippen molar-refractivity contribution in [3.63, 3.8) is 0 Å². The zero-order valence-corrected chi connectivity index (χ0v) is 12.6. The van der Waals surface area contributed by atoms with Crippen molar-refractivity contribution in [3.05, 3.63) is 16.3 Å². The molecule has 2 N–H and O–H groups in total. The molecule has 2 heterocycles. The van der Waals surface area contributed by atoms with Gasteiger partial charge in [-0.2, -0.15) is 4.98 Å². The van der Waals surface area contributed by atoms with Gasteiger partial charge in [0.15, 0.2) is 0 Å². The summed E-state index contributed by atoms with van der Waals surface area (Å²) in [4.78, 5) is 5.86. The second kappa shape index (κ2) is 5.54. The lowest BCUT2D eigenvalue weighted by Crippen LogP contribution is -2.02.